The normalized spacial score (nSPS) is 16.7. The average Bonchev–Trinajstić information content (AvgIpc) is 3.24. The third kappa shape index (κ3) is 4.26. The number of rotatable bonds is 4. The Labute approximate surface area is 175 Å². The van der Waals surface area contributed by atoms with Crippen LogP contribution in [0.2, 0.25) is 0 Å². The third-order valence-corrected chi connectivity index (χ3v) is 4.81. The number of aromatic nitrogens is 3. The maximum atomic E-state index is 5.97. The molecule has 1 aromatic carbocycles. The highest BCUT2D eigenvalue weighted by atomic mass is 127. The number of aliphatic imine (C=N–C) groups is 1. The van der Waals surface area contributed by atoms with Crippen molar-refractivity contribution in [2.24, 2.45) is 4.99 Å². The first kappa shape index (κ1) is 19.7. The van der Waals surface area contributed by atoms with Crippen LogP contribution in [-0.2, 0) is 19.5 Å². The van der Waals surface area contributed by atoms with Crippen molar-refractivity contribution in [3.63, 3.8) is 0 Å². The molecule has 0 aliphatic carbocycles. The van der Waals surface area contributed by atoms with Crippen molar-refractivity contribution in [2.75, 3.05) is 6.54 Å². The Balaban J connectivity index is 0.00000210. The van der Waals surface area contributed by atoms with Crippen molar-refractivity contribution < 1.29 is 4.42 Å². The van der Waals surface area contributed by atoms with E-state index >= 15 is 0 Å². The van der Waals surface area contributed by atoms with Crippen LogP contribution in [0.3, 0.4) is 0 Å². The minimum Gasteiger partial charge on any atom is -0.459 e. The Kier molecular flexibility index (Phi) is 6.35. The fraction of sp³-hybridized carbons (Fsp3) is 0.421. The van der Waals surface area contributed by atoms with E-state index in [4.69, 9.17) is 9.41 Å². The maximum Gasteiger partial charge on any atom is 0.191 e. The summed E-state index contributed by atoms with van der Waals surface area (Å²) < 4.78 is 7.93. The van der Waals surface area contributed by atoms with Gasteiger partial charge in [0.15, 0.2) is 5.96 Å². The van der Waals surface area contributed by atoms with Crippen LogP contribution in [0.25, 0.3) is 11.0 Å². The zero-order valence-corrected chi connectivity index (χ0v) is 17.9. The zero-order valence-electron chi connectivity index (χ0n) is 15.6. The van der Waals surface area contributed by atoms with Gasteiger partial charge in [0.2, 0.25) is 0 Å². The first-order valence-electron chi connectivity index (χ1n) is 9.13. The highest BCUT2D eigenvalue weighted by Crippen LogP contribution is 2.25. The van der Waals surface area contributed by atoms with E-state index in [1.807, 2.05) is 22.9 Å². The van der Waals surface area contributed by atoms with Gasteiger partial charge < -0.3 is 15.1 Å². The molecule has 0 bridgehead atoms. The third-order valence-electron chi connectivity index (χ3n) is 4.81. The number of guanidine groups is 1. The molecule has 2 N–H and O–H groups in total. The summed E-state index contributed by atoms with van der Waals surface area (Å²) in [5, 5.41) is 12.3. The van der Waals surface area contributed by atoms with Gasteiger partial charge in [-0.1, -0.05) is 18.2 Å². The number of furan rings is 1. The average molecular weight is 480 g/mol. The summed E-state index contributed by atoms with van der Waals surface area (Å²) in [6, 6.07) is 8.40. The molecule has 4 rings (SSSR count). The largest absolute Gasteiger partial charge is 0.459 e. The molecule has 2 aromatic heterocycles. The number of hydrogen-bond donors (Lipinski definition) is 2. The molecular weight excluding hydrogens is 455 g/mol. The summed E-state index contributed by atoms with van der Waals surface area (Å²) in [4.78, 5) is 9.01. The standard InChI is InChI=1S/C19H24N6O.HI/c1-3-20-19(24-14-8-9-18-22-12-23-25(18)11-14)21-10-17-13(2)15-6-4-5-7-16(15)26-17;/h4-7,12,14H,3,8-11H2,1-2H3,(H2,20,21,24);1H. The van der Waals surface area contributed by atoms with Crippen LogP contribution in [0.15, 0.2) is 40.0 Å². The zero-order chi connectivity index (χ0) is 17.9. The van der Waals surface area contributed by atoms with Crippen LogP contribution in [0, 0.1) is 6.92 Å². The van der Waals surface area contributed by atoms with E-state index in [9.17, 15) is 0 Å². The van der Waals surface area contributed by atoms with Crippen LogP contribution in [0.1, 0.15) is 30.5 Å². The summed E-state index contributed by atoms with van der Waals surface area (Å²) in [7, 11) is 0. The molecule has 0 saturated carbocycles. The Morgan fingerprint density at radius 2 is 2.22 bits per heavy atom. The van der Waals surface area contributed by atoms with E-state index in [0.717, 1.165) is 60.0 Å². The second kappa shape index (κ2) is 8.73. The highest BCUT2D eigenvalue weighted by molar-refractivity contribution is 14.0. The van der Waals surface area contributed by atoms with Crippen molar-refractivity contribution in [3.8, 4) is 0 Å². The lowest BCUT2D eigenvalue weighted by Crippen LogP contribution is -2.47. The monoisotopic (exact) mass is 480 g/mol. The van der Waals surface area contributed by atoms with Crippen molar-refractivity contribution >= 4 is 40.9 Å². The van der Waals surface area contributed by atoms with Gasteiger partial charge in [-0.15, -0.1) is 24.0 Å². The van der Waals surface area contributed by atoms with Crippen LogP contribution in [0.4, 0.5) is 0 Å². The Hall–Kier alpha value is -2.10. The van der Waals surface area contributed by atoms with E-state index in [2.05, 4.69) is 40.6 Å². The first-order valence-corrected chi connectivity index (χ1v) is 9.13. The molecule has 0 radical (unpaired) electrons. The number of hydrogen-bond acceptors (Lipinski definition) is 4. The summed E-state index contributed by atoms with van der Waals surface area (Å²) in [5.74, 6) is 2.77. The van der Waals surface area contributed by atoms with Gasteiger partial charge in [-0.2, -0.15) is 5.10 Å². The topological polar surface area (TPSA) is 80.3 Å². The Bertz CT molecular complexity index is 931. The van der Waals surface area contributed by atoms with Crippen molar-refractivity contribution in [3.05, 3.63) is 47.7 Å². The van der Waals surface area contributed by atoms with Crippen molar-refractivity contribution in [1.29, 1.82) is 0 Å². The Morgan fingerprint density at radius 3 is 3.04 bits per heavy atom. The number of nitrogens with one attached hydrogen (secondary N) is 2. The van der Waals surface area contributed by atoms with Gasteiger partial charge in [-0.3, -0.25) is 0 Å². The quantitative estimate of drug-likeness (QED) is 0.341. The van der Waals surface area contributed by atoms with Gasteiger partial charge in [0.25, 0.3) is 0 Å². The molecule has 0 saturated heterocycles. The van der Waals surface area contributed by atoms with Crippen LogP contribution in [-0.4, -0.2) is 33.3 Å². The molecule has 0 spiro atoms. The number of para-hydroxylation sites is 1. The van der Waals surface area contributed by atoms with Crippen LogP contribution < -0.4 is 10.6 Å². The lowest BCUT2D eigenvalue weighted by atomic mass is 10.1. The molecule has 8 heteroatoms. The number of nitrogens with zero attached hydrogens (tertiary/aromatic N) is 4. The number of aryl methyl sites for hydroxylation is 2. The van der Waals surface area contributed by atoms with Crippen molar-refractivity contribution in [2.45, 2.75) is 45.8 Å². The highest BCUT2D eigenvalue weighted by Gasteiger charge is 2.20. The molecule has 7 nitrogen and oxygen atoms in total. The number of halogens is 1. The van der Waals surface area contributed by atoms with E-state index in [0.29, 0.717) is 12.6 Å². The fourth-order valence-corrected chi connectivity index (χ4v) is 3.40. The molecule has 27 heavy (non-hydrogen) atoms. The lowest BCUT2D eigenvalue weighted by molar-refractivity contribution is 0.392. The summed E-state index contributed by atoms with van der Waals surface area (Å²) in [5.41, 5.74) is 2.07. The maximum absolute atomic E-state index is 5.97. The fourth-order valence-electron chi connectivity index (χ4n) is 3.40. The molecular formula is C19H25IN6O. The molecule has 0 amide bonds. The van der Waals surface area contributed by atoms with Gasteiger partial charge in [-0.25, -0.2) is 14.7 Å². The predicted octanol–water partition coefficient (Wildman–Crippen LogP) is 3.02. The SMILES string of the molecule is CCNC(=NCc1oc2ccccc2c1C)NC1CCc2ncnn2C1.I. The van der Waals surface area contributed by atoms with Crippen LogP contribution >= 0.6 is 24.0 Å². The van der Waals surface area contributed by atoms with E-state index < -0.39 is 0 Å². The minimum atomic E-state index is 0. The van der Waals surface area contributed by atoms with Crippen molar-refractivity contribution in [1.82, 2.24) is 25.4 Å². The molecule has 144 valence electrons. The summed E-state index contributed by atoms with van der Waals surface area (Å²) in [6.45, 7) is 6.29. The Morgan fingerprint density at radius 1 is 1.37 bits per heavy atom. The summed E-state index contributed by atoms with van der Waals surface area (Å²) in [6.07, 6.45) is 3.58. The first-order chi connectivity index (χ1) is 12.7. The number of benzene rings is 1. The van der Waals surface area contributed by atoms with Gasteiger partial charge in [0.05, 0.1) is 6.54 Å². The lowest BCUT2D eigenvalue weighted by Gasteiger charge is -2.25. The van der Waals surface area contributed by atoms with Gasteiger partial charge >= 0.3 is 0 Å². The van der Waals surface area contributed by atoms with Gasteiger partial charge in [-0.05, 0) is 26.3 Å². The molecule has 1 atom stereocenters. The molecule has 3 heterocycles. The number of fused-ring (bicyclic) bond motifs is 2. The smallest absolute Gasteiger partial charge is 0.191 e. The van der Waals surface area contributed by atoms with Gasteiger partial charge in [0.1, 0.15) is 30.0 Å². The van der Waals surface area contributed by atoms with E-state index in [-0.39, 0.29) is 24.0 Å². The second-order valence-electron chi connectivity index (χ2n) is 6.58. The molecule has 1 unspecified atom stereocenters. The summed E-state index contributed by atoms with van der Waals surface area (Å²) >= 11 is 0. The predicted molar refractivity (Wildman–Crippen MR) is 116 cm³/mol. The van der Waals surface area contributed by atoms with Crippen LogP contribution in [0.5, 0.6) is 0 Å². The molecule has 3 aromatic rings. The van der Waals surface area contributed by atoms with E-state index in [1.165, 1.54) is 0 Å². The minimum absolute atomic E-state index is 0. The second-order valence-corrected chi connectivity index (χ2v) is 6.58. The molecule has 1 aliphatic heterocycles. The van der Waals surface area contributed by atoms with Gasteiger partial charge in [0, 0.05) is 30.0 Å². The van der Waals surface area contributed by atoms with E-state index in [1.54, 1.807) is 6.33 Å². The molecule has 1 aliphatic rings. The molecule has 0 fully saturated rings.